The first-order valence-electron chi connectivity index (χ1n) is 9.12. The average Bonchev–Trinajstić information content (AvgIpc) is 3.13. The molecule has 1 unspecified atom stereocenters. The number of anilines is 1. The van der Waals surface area contributed by atoms with Gasteiger partial charge in [-0.15, -0.1) is 0 Å². The molecule has 1 aliphatic rings. The third kappa shape index (κ3) is 4.36. The fraction of sp³-hybridized carbons (Fsp3) is 0.333. The van der Waals surface area contributed by atoms with Gasteiger partial charge in [-0.2, -0.15) is 0 Å². The van der Waals surface area contributed by atoms with Gasteiger partial charge in [-0.3, -0.25) is 14.6 Å². The Hall–Kier alpha value is -3.22. The highest BCUT2D eigenvalue weighted by Gasteiger charge is 2.36. The first-order chi connectivity index (χ1) is 13.5. The van der Waals surface area contributed by atoms with Crippen LogP contribution in [0.15, 0.2) is 48.8 Å². The summed E-state index contributed by atoms with van der Waals surface area (Å²) in [5, 5.41) is 0. The van der Waals surface area contributed by atoms with Gasteiger partial charge in [0.2, 0.25) is 11.8 Å². The summed E-state index contributed by atoms with van der Waals surface area (Å²) < 4.78 is 4.73. The highest BCUT2D eigenvalue weighted by molar-refractivity contribution is 6.01. The SMILES string of the molecule is COC(=O)c1cccc(N2CC(C(=O)N(C)CCc3ccncc3)CC2=O)c1. The van der Waals surface area contributed by atoms with Crippen LogP contribution in [0, 0.1) is 5.92 Å². The maximum absolute atomic E-state index is 12.8. The summed E-state index contributed by atoms with van der Waals surface area (Å²) >= 11 is 0. The van der Waals surface area contributed by atoms with Crippen molar-refractivity contribution in [3.8, 4) is 0 Å². The van der Waals surface area contributed by atoms with Crippen LogP contribution >= 0.6 is 0 Å². The lowest BCUT2D eigenvalue weighted by atomic mass is 10.1. The molecule has 7 heteroatoms. The molecule has 0 aliphatic carbocycles. The van der Waals surface area contributed by atoms with Crippen molar-refractivity contribution in [3.05, 3.63) is 59.9 Å². The van der Waals surface area contributed by atoms with Crippen LogP contribution in [0.5, 0.6) is 0 Å². The van der Waals surface area contributed by atoms with E-state index in [9.17, 15) is 14.4 Å². The molecule has 2 aromatic rings. The Morgan fingerprint density at radius 1 is 1.25 bits per heavy atom. The van der Waals surface area contributed by atoms with Crippen molar-refractivity contribution in [2.75, 3.05) is 32.1 Å². The number of hydrogen-bond acceptors (Lipinski definition) is 5. The first-order valence-corrected chi connectivity index (χ1v) is 9.12. The molecule has 1 aromatic carbocycles. The van der Waals surface area contributed by atoms with Crippen LogP contribution < -0.4 is 4.90 Å². The molecule has 7 nitrogen and oxygen atoms in total. The van der Waals surface area contributed by atoms with Gasteiger partial charge >= 0.3 is 5.97 Å². The van der Waals surface area contributed by atoms with E-state index >= 15 is 0 Å². The fourth-order valence-corrected chi connectivity index (χ4v) is 3.31. The summed E-state index contributed by atoms with van der Waals surface area (Å²) in [7, 11) is 3.07. The molecule has 1 aromatic heterocycles. The van der Waals surface area contributed by atoms with E-state index in [0.717, 1.165) is 12.0 Å². The number of carbonyl (C=O) groups is 3. The van der Waals surface area contributed by atoms with E-state index in [0.29, 0.717) is 24.3 Å². The topological polar surface area (TPSA) is 79.8 Å². The molecule has 1 fully saturated rings. The number of likely N-dealkylation sites (N-methyl/N-ethyl adjacent to an activating group) is 1. The number of ether oxygens (including phenoxy) is 1. The van der Waals surface area contributed by atoms with Gasteiger partial charge in [0.25, 0.3) is 0 Å². The van der Waals surface area contributed by atoms with Gasteiger partial charge in [-0.1, -0.05) is 6.07 Å². The molecule has 0 radical (unpaired) electrons. The summed E-state index contributed by atoms with van der Waals surface area (Å²) in [6.07, 6.45) is 4.36. The molecular weight excluding hydrogens is 358 g/mol. The molecule has 1 atom stereocenters. The molecule has 2 heterocycles. The number of hydrogen-bond donors (Lipinski definition) is 0. The molecule has 0 bridgehead atoms. The van der Waals surface area contributed by atoms with Gasteiger partial charge < -0.3 is 14.5 Å². The summed E-state index contributed by atoms with van der Waals surface area (Å²) in [6.45, 7) is 0.882. The zero-order valence-electron chi connectivity index (χ0n) is 16.0. The van der Waals surface area contributed by atoms with E-state index in [2.05, 4.69) is 4.98 Å². The monoisotopic (exact) mass is 381 g/mol. The minimum atomic E-state index is -0.461. The van der Waals surface area contributed by atoms with Crippen LogP contribution in [0.25, 0.3) is 0 Å². The Kier molecular flexibility index (Phi) is 6.03. The van der Waals surface area contributed by atoms with E-state index in [1.807, 2.05) is 12.1 Å². The highest BCUT2D eigenvalue weighted by atomic mass is 16.5. The number of amides is 2. The number of pyridine rings is 1. The predicted molar refractivity (Wildman–Crippen MR) is 104 cm³/mol. The van der Waals surface area contributed by atoms with Gasteiger partial charge in [-0.05, 0) is 42.3 Å². The third-order valence-corrected chi connectivity index (χ3v) is 4.91. The van der Waals surface area contributed by atoms with Gasteiger partial charge in [0, 0.05) is 44.6 Å². The van der Waals surface area contributed by atoms with Crippen molar-refractivity contribution in [2.45, 2.75) is 12.8 Å². The first kappa shape index (κ1) is 19.5. The maximum atomic E-state index is 12.8. The van der Waals surface area contributed by atoms with Gasteiger partial charge in [0.05, 0.1) is 18.6 Å². The highest BCUT2D eigenvalue weighted by Crippen LogP contribution is 2.27. The number of nitrogens with zero attached hydrogens (tertiary/aromatic N) is 3. The quantitative estimate of drug-likeness (QED) is 0.715. The fourth-order valence-electron chi connectivity index (χ4n) is 3.31. The van der Waals surface area contributed by atoms with Crippen molar-refractivity contribution in [1.82, 2.24) is 9.88 Å². The molecular formula is C21H23N3O4. The Bertz CT molecular complexity index is 869. The standard InChI is InChI=1S/C21H23N3O4/c1-23(11-8-15-6-9-22-10-7-15)20(26)17-13-19(25)24(14-17)18-5-3-4-16(12-18)21(27)28-2/h3-7,9-10,12,17H,8,11,13-14H2,1-2H3. The van der Waals surface area contributed by atoms with Gasteiger partial charge in [0.15, 0.2) is 0 Å². The second kappa shape index (κ2) is 8.65. The zero-order chi connectivity index (χ0) is 20.1. The van der Waals surface area contributed by atoms with Crippen LogP contribution in [0.1, 0.15) is 22.3 Å². The third-order valence-electron chi connectivity index (χ3n) is 4.91. The smallest absolute Gasteiger partial charge is 0.337 e. The summed E-state index contributed by atoms with van der Waals surface area (Å²) in [4.78, 5) is 44.2. The Labute approximate surface area is 163 Å². The molecule has 1 aliphatic heterocycles. The average molecular weight is 381 g/mol. The Balaban J connectivity index is 1.63. The van der Waals surface area contributed by atoms with Crippen molar-refractivity contribution in [2.24, 2.45) is 5.92 Å². The Morgan fingerprint density at radius 3 is 2.71 bits per heavy atom. The second-order valence-corrected chi connectivity index (χ2v) is 6.81. The molecule has 1 saturated heterocycles. The van der Waals surface area contributed by atoms with Crippen LogP contribution in [0.3, 0.4) is 0 Å². The number of esters is 1. The summed E-state index contributed by atoms with van der Waals surface area (Å²) in [5.74, 6) is -1.02. The van der Waals surface area contributed by atoms with E-state index in [1.165, 1.54) is 7.11 Å². The normalized spacial score (nSPS) is 16.1. The van der Waals surface area contributed by atoms with Gasteiger partial charge in [-0.25, -0.2) is 4.79 Å². The maximum Gasteiger partial charge on any atom is 0.337 e. The van der Waals surface area contributed by atoms with Crippen LogP contribution in [0.2, 0.25) is 0 Å². The molecule has 0 N–H and O–H groups in total. The van der Waals surface area contributed by atoms with E-state index in [4.69, 9.17) is 4.74 Å². The second-order valence-electron chi connectivity index (χ2n) is 6.81. The number of benzene rings is 1. The number of carbonyl (C=O) groups excluding carboxylic acids is 3. The molecule has 3 rings (SSSR count). The van der Waals surface area contributed by atoms with Crippen molar-refractivity contribution in [1.29, 1.82) is 0 Å². The van der Waals surface area contributed by atoms with E-state index < -0.39 is 11.9 Å². The van der Waals surface area contributed by atoms with Crippen LogP contribution in [-0.4, -0.2) is 54.9 Å². The Morgan fingerprint density at radius 2 is 2.00 bits per heavy atom. The lowest BCUT2D eigenvalue weighted by Crippen LogP contribution is -2.36. The molecule has 28 heavy (non-hydrogen) atoms. The number of methoxy groups -OCH3 is 1. The van der Waals surface area contributed by atoms with Crippen molar-refractivity contribution in [3.63, 3.8) is 0 Å². The van der Waals surface area contributed by atoms with Gasteiger partial charge in [0.1, 0.15) is 0 Å². The lowest BCUT2D eigenvalue weighted by Gasteiger charge is -2.21. The lowest BCUT2D eigenvalue weighted by molar-refractivity contribution is -0.134. The predicted octanol–water partition coefficient (Wildman–Crippen LogP) is 1.92. The zero-order valence-corrected chi connectivity index (χ0v) is 16.0. The minimum absolute atomic E-state index is 0.0472. The minimum Gasteiger partial charge on any atom is -0.465 e. The van der Waals surface area contributed by atoms with Crippen molar-refractivity contribution >= 4 is 23.5 Å². The summed E-state index contributed by atoms with van der Waals surface area (Å²) in [5.41, 5.74) is 2.08. The number of rotatable bonds is 6. The summed E-state index contributed by atoms with van der Waals surface area (Å²) in [6, 6.07) is 10.5. The molecule has 0 saturated carbocycles. The number of aromatic nitrogens is 1. The van der Waals surface area contributed by atoms with E-state index in [1.54, 1.807) is 53.5 Å². The van der Waals surface area contributed by atoms with Crippen molar-refractivity contribution < 1.29 is 19.1 Å². The molecule has 0 spiro atoms. The van der Waals surface area contributed by atoms with Crippen LogP contribution in [0.4, 0.5) is 5.69 Å². The molecule has 2 amide bonds. The largest absolute Gasteiger partial charge is 0.465 e. The van der Waals surface area contributed by atoms with Crippen LogP contribution in [-0.2, 0) is 20.7 Å². The van der Waals surface area contributed by atoms with E-state index in [-0.39, 0.29) is 18.2 Å². The molecule has 146 valence electrons.